The van der Waals surface area contributed by atoms with Gasteiger partial charge in [-0.1, -0.05) is 24.3 Å². The van der Waals surface area contributed by atoms with Crippen LogP contribution in [0.1, 0.15) is 31.9 Å². The summed E-state index contributed by atoms with van der Waals surface area (Å²) in [7, 11) is 0. The van der Waals surface area contributed by atoms with Crippen molar-refractivity contribution in [3.63, 3.8) is 0 Å². The van der Waals surface area contributed by atoms with Gasteiger partial charge in [0.25, 0.3) is 5.91 Å². The molecule has 0 aliphatic carbocycles. The third kappa shape index (κ3) is 7.35. The second-order valence-electron chi connectivity index (χ2n) is 6.96. The molecule has 2 N–H and O–H groups in total. The predicted octanol–water partition coefficient (Wildman–Crippen LogP) is 3.41. The Labute approximate surface area is 148 Å². The van der Waals surface area contributed by atoms with Crippen molar-refractivity contribution in [3.8, 4) is 5.75 Å². The van der Waals surface area contributed by atoms with Gasteiger partial charge in [-0.25, -0.2) is 4.39 Å². The third-order valence-electron chi connectivity index (χ3n) is 3.38. The molecule has 0 spiro atoms. The zero-order chi connectivity index (χ0) is 18.3. The first-order valence-electron chi connectivity index (χ1n) is 8.30. The highest BCUT2D eigenvalue weighted by Crippen LogP contribution is 2.12. The quantitative estimate of drug-likeness (QED) is 0.809. The Morgan fingerprint density at radius 3 is 2.00 bits per heavy atom. The van der Waals surface area contributed by atoms with Gasteiger partial charge in [0.15, 0.2) is 6.61 Å². The van der Waals surface area contributed by atoms with Crippen LogP contribution in [0.25, 0.3) is 0 Å². The number of carbonyl (C=O) groups is 1. The fourth-order valence-electron chi connectivity index (χ4n) is 2.26. The molecule has 0 aromatic heterocycles. The van der Waals surface area contributed by atoms with E-state index < -0.39 is 0 Å². The summed E-state index contributed by atoms with van der Waals surface area (Å²) < 4.78 is 18.3. The molecule has 2 aromatic rings. The monoisotopic (exact) mass is 344 g/mol. The van der Waals surface area contributed by atoms with E-state index in [1.54, 1.807) is 12.1 Å². The Kier molecular flexibility index (Phi) is 6.53. The van der Waals surface area contributed by atoms with Crippen molar-refractivity contribution in [3.05, 3.63) is 65.5 Å². The van der Waals surface area contributed by atoms with E-state index in [-0.39, 0.29) is 23.9 Å². The zero-order valence-corrected chi connectivity index (χ0v) is 14.9. The maximum atomic E-state index is 12.8. The topological polar surface area (TPSA) is 50.4 Å². The van der Waals surface area contributed by atoms with Gasteiger partial charge in [-0.2, -0.15) is 0 Å². The van der Waals surface area contributed by atoms with E-state index in [1.165, 1.54) is 12.1 Å². The number of ether oxygens (including phenoxy) is 1. The van der Waals surface area contributed by atoms with E-state index in [1.807, 2.05) is 45.0 Å². The first-order chi connectivity index (χ1) is 11.8. The van der Waals surface area contributed by atoms with Crippen LogP contribution in [0.3, 0.4) is 0 Å². The number of nitrogens with one attached hydrogen (secondary N) is 2. The van der Waals surface area contributed by atoms with Gasteiger partial charge in [0.05, 0.1) is 0 Å². The molecule has 5 heteroatoms. The summed E-state index contributed by atoms with van der Waals surface area (Å²) in [6.07, 6.45) is 0. The Morgan fingerprint density at radius 2 is 1.48 bits per heavy atom. The van der Waals surface area contributed by atoms with Crippen molar-refractivity contribution < 1.29 is 13.9 Å². The van der Waals surface area contributed by atoms with Crippen LogP contribution >= 0.6 is 0 Å². The van der Waals surface area contributed by atoms with E-state index in [4.69, 9.17) is 4.74 Å². The number of rotatable bonds is 7. The van der Waals surface area contributed by atoms with Crippen LogP contribution < -0.4 is 15.4 Å². The molecule has 0 saturated carbocycles. The van der Waals surface area contributed by atoms with Gasteiger partial charge >= 0.3 is 0 Å². The van der Waals surface area contributed by atoms with Crippen LogP contribution in [-0.2, 0) is 17.9 Å². The average Bonchev–Trinajstić information content (AvgIpc) is 2.54. The summed E-state index contributed by atoms with van der Waals surface area (Å²) >= 11 is 0. The van der Waals surface area contributed by atoms with Crippen LogP contribution in [-0.4, -0.2) is 18.1 Å². The fraction of sp³-hybridized carbons (Fsp3) is 0.350. The molecule has 134 valence electrons. The van der Waals surface area contributed by atoms with Gasteiger partial charge in [-0.05, 0) is 56.2 Å². The van der Waals surface area contributed by atoms with E-state index >= 15 is 0 Å². The van der Waals surface area contributed by atoms with Crippen LogP contribution in [0, 0.1) is 5.82 Å². The molecule has 0 aliphatic heterocycles. The molecule has 1 amide bonds. The van der Waals surface area contributed by atoms with Crippen molar-refractivity contribution in [2.45, 2.75) is 39.4 Å². The summed E-state index contributed by atoms with van der Waals surface area (Å²) in [6, 6.07) is 14.0. The van der Waals surface area contributed by atoms with E-state index in [2.05, 4.69) is 10.6 Å². The number of hydrogen-bond acceptors (Lipinski definition) is 3. The van der Waals surface area contributed by atoms with Crippen molar-refractivity contribution >= 4 is 5.91 Å². The minimum absolute atomic E-state index is 0.000562. The molecular formula is C20H25FN2O2. The largest absolute Gasteiger partial charge is 0.484 e. The Balaban J connectivity index is 1.74. The van der Waals surface area contributed by atoms with Gasteiger partial charge in [0.1, 0.15) is 11.6 Å². The summed E-state index contributed by atoms with van der Waals surface area (Å²) in [6.45, 7) is 7.16. The Bertz CT molecular complexity index is 676. The fourth-order valence-corrected chi connectivity index (χ4v) is 2.26. The highest BCUT2D eigenvalue weighted by Gasteiger charge is 2.13. The predicted molar refractivity (Wildman–Crippen MR) is 96.8 cm³/mol. The minimum Gasteiger partial charge on any atom is -0.484 e. The first kappa shape index (κ1) is 18.9. The van der Waals surface area contributed by atoms with E-state index in [9.17, 15) is 9.18 Å². The lowest BCUT2D eigenvalue weighted by Crippen LogP contribution is -2.43. The summed E-state index contributed by atoms with van der Waals surface area (Å²) in [5.74, 6) is 0.291. The second-order valence-corrected chi connectivity index (χ2v) is 6.96. The smallest absolute Gasteiger partial charge is 0.258 e. The summed E-state index contributed by atoms with van der Waals surface area (Å²) in [5.41, 5.74) is 1.88. The Hall–Kier alpha value is -2.40. The SMILES string of the molecule is CC(C)(C)NC(=O)COc1ccc(CNCc2ccc(F)cc2)cc1. The van der Waals surface area contributed by atoms with Gasteiger partial charge in [-0.3, -0.25) is 4.79 Å². The lowest BCUT2D eigenvalue weighted by atomic mass is 10.1. The van der Waals surface area contributed by atoms with Crippen LogP contribution in [0.5, 0.6) is 5.75 Å². The first-order valence-corrected chi connectivity index (χ1v) is 8.30. The number of benzene rings is 2. The third-order valence-corrected chi connectivity index (χ3v) is 3.38. The van der Waals surface area contributed by atoms with E-state index in [0.717, 1.165) is 11.1 Å². The van der Waals surface area contributed by atoms with Crippen LogP contribution in [0.4, 0.5) is 4.39 Å². The number of halogens is 1. The molecule has 4 nitrogen and oxygen atoms in total. The molecule has 0 fully saturated rings. The molecule has 0 heterocycles. The molecule has 2 aromatic carbocycles. The molecule has 0 radical (unpaired) electrons. The molecule has 25 heavy (non-hydrogen) atoms. The molecule has 0 aliphatic rings. The Morgan fingerprint density at radius 1 is 0.960 bits per heavy atom. The van der Waals surface area contributed by atoms with Crippen molar-refractivity contribution in [1.82, 2.24) is 10.6 Å². The van der Waals surface area contributed by atoms with Gasteiger partial charge in [0, 0.05) is 18.6 Å². The van der Waals surface area contributed by atoms with Crippen molar-refractivity contribution in [1.29, 1.82) is 0 Å². The summed E-state index contributed by atoms with van der Waals surface area (Å²) in [5, 5.41) is 6.16. The molecule has 0 bridgehead atoms. The lowest BCUT2D eigenvalue weighted by molar-refractivity contribution is -0.124. The maximum absolute atomic E-state index is 12.8. The van der Waals surface area contributed by atoms with Gasteiger partial charge in [0.2, 0.25) is 0 Å². The summed E-state index contributed by atoms with van der Waals surface area (Å²) in [4.78, 5) is 11.7. The number of carbonyl (C=O) groups excluding carboxylic acids is 1. The standard InChI is InChI=1S/C20H25FN2O2/c1-20(2,3)23-19(24)14-25-18-10-6-16(7-11-18)13-22-12-15-4-8-17(21)9-5-15/h4-11,22H,12-14H2,1-3H3,(H,23,24). The molecular weight excluding hydrogens is 319 g/mol. The number of amides is 1. The molecule has 0 atom stereocenters. The second kappa shape index (κ2) is 8.62. The van der Waals surface area contributed by atoms with Crippen LogP contribution in [0.15, 0.2) is 48.5 Å². The van der Waals surface area contributed by atoms with Gasteiger partial charge in [-0.15, -0.1) is 0 Å². The average molecular weight is 344 g/mol. The highest BCUT2D eigenvalue weighted by molar-refractivity contribution is 5.78. The minimum atomic E-state index is -0.263. The van der Waals surface area contributed by atoms with Gasteiger partial charge < -0.3 is 15.4 Å². The maximum Gasteiger partial charge on any atom is 0.258 e. The zero-order valence-electron chi connectivity index (χ0n) is 14.9. The van der Waals surface area contributed by atoms with Crippen LogP contribution in [0.2, 0.25) is 0 Å². The lowest BCUT2D eigenvalue weighted by Gasteiger charge is -2.20. The normalized spacial score (nSPS) is 11.2. The van der Waals surface area contributed by atoms with E-state index in [0.29, 0.717) is 18.8 Å². The van der Waals surface area contributed by atoms with Crippen molar-refractivity contribution in [2.24, 2.45) is 0 Å². The number of hydrogen-bond donors (Lipinski definition) is 2. The molecule has 0 unspecified atom stereocenters. The highest BCUT2D eigenvalue weighted by atomic mass is 19.1. The molecule has 2 rings (SSSR count). The van der Waals surface area contributed by atoms with Crippen molar-refractivity contribution in [2.75, 3.05) is 6.61 Å². The molecule has 0 saturated heterocycles.